The zero-order valence-electron chi connectivity index (χ0n) is 17.5. The van der Waals surface area contributed by atoms with Crippen LogP contribution in [0.25, 0.3) is 11.1 Å². The summed E-state index contributed by atoms with van der Waals surface area (Å²) in [6, 6.07) is 4.54. The fourth-order valence-corrected chi connectivity index (χ4v) is 3.50. The fourth-order valence-electron chi connectivity index (χ4n) is 2.94. The van der Waals surface area contributed by atoms with Crippen LogP contribution < -0.4 is 26.6 Å². The van der Waals surface area contributed by atoms with Gasteiger partial charge in [0.2, 0.25) is 6.20 Å². The molecule has 2 aromatic heterocycles. The van der Waals surface area contributed by atoms with E-state index in [2.05, 4.69) is 10.1 Å². The summed E-state index contributed by atoms with van der Waals surface area (Å²) >= 11 is 1.19. The lowest BCUT2D eigenvalue weighted by molar-refractivity contribution is -0.772. The summed E-state index contributed by atoms with van der Waals surface area (Å²) in [6.07, 6.45) is 3.11. The molecule has 0 aliphatic rings. The zero-order chi connectivity index (χ0) is 23.1. The van der Waals surface area contributed by atoms with Gasteiger partial charge in [-0.3, -0.25) is 4.79 Å². The first kappa shape index (κ1) is 23.2. The molecule has 0 spiro atoms. The van der Waals surface area contributed by atoms with Crippen LogP contribution >= 0.6 is 11.3 Å². The number of hydrogen-bond acceptors (Lipinski definition) is 9. The Hall–Kier alpha value is -3.51. The van der Waals surface area contributed by atoms with E-state index in [4.69, 9.17) is 26.8 Å². The SMILES string of the molecule is Cn1c(N)c(-c2ccc(OCCO/N=C(\C=O)c3csc(N)n3)cc2F)c[n+]1CCCN. The van der Waals surface area contributed by atoms with Gasteiger partial charge >= 0.3 is 0 Å². The molecule has 3 aromatic rings. The molecule has 0 saturated heterocycles. The molecule has 1 aromatic carbocycles. The van der Waals surface area contributed by atoms with Crippen LogP contribution in [0.5, 0.6) is 5.75 Å². The average molecular weight is 463 g/mol. The Kier molecular flexibility index (Phi) is 7.73. The third-order valence-electron chi connectivity index (χ3n) is 4.61. The van der Waals surface area contributed by atoms with Crippen LogP contribution in [0.3, 0.4) is 0 Å². The van der Waals surface area contributed by atoms with E-state index >= 15 is 0 Å². The number of carbonyl (C=O) groups excluding carboxylic acids is 1. The number of rotatable bonds is 11. The fraction of sp³-hybridized carbons (Fsp3) is 0.300. The Balaban J connectivity index is 1.59. The number of thiazole rings is 1. The van der Waals surface area contributed by atoms with Crippen LogP contribution in [0.1, 0.15) is 12.1 Å². The molecule has 0 atom stereocenters. The van der Waals surface area contributed by atoms with Crippen molar-refractivity contribution in [1.82, 2.24) is 9.67 Å². The molecule has 170 valence electrons. The Bertz CT molecular complexity index is 1110. The number of aromatic nitrogens is 3. The van der Waals surface area contributed by atoms with Gasteiger partial charge in [-0.2, -0.15) is 0 Å². The van der Waals surface area contributed by atoms with Gasteiger partial charge in [-0.05, 0) is 18.7 Å². The number of hydrogen-bond donors (Lipinski definition) is 3. The lowest BCUT2D eigenvalue weighted by atomic mass is 10.1. The lowest BCUT2D eigenvalue weighted by Gasteiger charge is -2.07. The molecule has 2 heterocycles. The molecule has 0 saturated carbocycles. The second-order valence-corrected chi connectivity index (χ2v) is 7.64. The predicted molar refractivity (Wildman–Crippen MR) is 120 cm³/mol. The molecule has 6 N–H and O–H groups in total. The number of carbonyl (C=O) groups is 1. The van der Waals surface area contributed by atoms with E-state index < -0.39 is 5.82 Å². The normalized spacial score (nSPS) is 11.5. The molecule has 32 heavy (non-hydrogen) atoms. The van der Waals surface area contributed by atoms with Crippen molar-refractivity contribution >= 4 is 34.3 Å². The van der Waals surface area contributed by atoms with Crippen molar-refractivity contribution < 1.29 is 23.4 Å². The minimum atomic E-state index is -0.464. The number of oxime groups is 1. The first-order chi connectivity index (χ1) is 15.4. The highest BCUT2D eigenvalue weighted by molar-refractivity contribution is 7.13. The van der Waals surface area contributed by atoms with E-state index in [9.17, 15) is 9.18 Å². The van der Waals surface area contributed by atoms with E-state index in [1.165, 1.54) is 17.4 Å². The van der Waals surface area contributed by atoms with E-state index in [0.717, 1.165) is 6.42 Å². The molecule has 0 fully saturated rings. The average Bonchev–Trinajstić information content (AvgIpc) is 3.33. The number of benzene rings is 1. The molecule has 0 unspecified atom stereocenters. The largest absolute Gasteiger partial charge is 0.490 e. The number of ether oxygens (including phenoxy) is 1. The number of nitrogens with two attached hydrogens (primary N) is 3. The van der Waals surface area contributed by atoms with Crippen molar-refractivity contribution in [3.8, 4) is 16.9 Å². The molecular formula is C20H25FN7O3S+. The molecule has 0 radical (unpaired) electrons. The highest BCUT2D eigenvalue weighted by atomic mass is 32.1. The topological polar surface area (TPSA) is 148 Å². The van der Waals surface area contributed by atoms with Crippen LogP contribution in [-0.2, 0) is 23.2 Å². The van der Waals surface area contributed by atoms with Gasteiger partial charge in [0.15, 0.2) is 36.1 Å². The van der Waals surface area contributed by atoms with Crippen molar-refractivity contribution in [3.63, 3.8) is 0 Å². The van der Waals surface area contributed by atoms with Crippen LogP contribution in [0.4, 0.5) is 15.3 Å². The monoisotopic (exact) mass is 462 g/mol. The van der Waals surface area contributed by atoms with E-state index in [-0.39, 0.29) is 18.9 Å². The second kappa shape index (κ2) is 10.7. The van der Waals surface area contributed by atoms with Gasteiger partial charge in [0.25, 0.3) is 0 Å². The first-order valence-corrected chi connectivity index (χ1v) is 10.7. The summed E-state index contributed by atoms with van der Waals surface area (Å²) in [6.45, 7) is 1.39. The van der Waals surface area contributed by atoms with Crippen LogP contribution in [0.2, 0.25) is 0 Å². The van der Waals surface area contributed by atoms with E-state index in [0.29, 0.717) is 52.9 Å². The smallest absolute Gasteiger partial charge is 0.205 e. The van der Waals surface area contributed by atoms with Crippen LogP contribution in [0.15, 0.2) is 34.9 Å². The minimum absolute atomic E-state index is 0.0255. The molecule has 3 rings (SSSR count). The Morgan fingerprint density at radius 2 is 2.16 bits per heavy atom. The number of halogens is 1. The number of anilines is 2. The highest BCUT2D eigenvalue weighted by Crippen LogP contribution is 2.29. The van der Waals surface area contributed by atoms with Crippen molar-refractivity contribution in [2.24, 2.45) is 17.9 Å². The van der Waals surface area contributed by atoms with Gasteiger partial charge in [0, 0.05) is 23.4 Å². The van der Waals surface area contributed by atoms with Crippen molar-refractivity contribution in [2.45, 2.75) is 13.0 Å². The molecule has 0 amide bonds. The summed E-state index contributed by atoms with van der Waals surface area (Å²) in [5, 5.41) is 5.65. The lowest BCUT2D eigenvalue weighted by Crippen LogP contribution is -2.42. The standard InChI is InChI=1S/C20H24FN7O3S/c1-27-19(23)15(10-28(27)6-2-5-22)14-4-3-13(9-16(14)21)30-7-8-31-26-17(11-29)18-12-32-20(24)25-18/h3-4,9-12,23H,2,5-8,22H2,1H3,(H2,24,25)/p+1/b26-17+. The highest BCUT2D eigenvalue weighted by Gasteiger charge is 2.20. The van der Waals surface area contributed by atoms with Crippen molar-refractivity contribution in [2.75, 3.05) is 31.2 Å². The molecule has 12 heteroatoms. The molecule has 0 bridgehead atoms. The summed E-state index contributed by atoms with van der Waals surface area (Å²) in [5.41, 5.74) is 18.6. The number of nitrogen functional groups attached to an aromatic ring is 2. The van der Waals surface area contributed by atoms with Gasteiger partial charge < -0.3 is 26.8 Å². The first-order valence-electron chi connectivity index (χ1n) is 9.78. The van der Waals surface area contributed by atoms with Crippen molar-refractivity contribution in [1.29, 1.82) is 0 Å². The number of nitrogens with zero attached hydrogens (tertiary/aromatic N) is 4. The van der Waals surface area contributed by atoms with Gasteiger partial charge in [0.05, 0.1) is 12.6 Å². The summed E-state index contributed by atoms with van der Waals surface area (Å²) in [7, 11) is 1.81. The Morgan fingerprint density at radius 1 is 1.34 bits per heavy atom. The van der Waals surface area contributed by atoms with E-state index in [1.807, 2.05) is 11.7 Å². The van der Waals surface area contributed by atoms with Crippen LogP contribution in [-0.4, -0.2) is 41.4 Å². The minimum Gasteiger partial charge on any atom is -0.490 e. The van der Waals surface area contributed by atoms with Crippen LogP contribution in [0, 0.1) is 5.82 Å². The predicted octanol–water partition coefficient (Wildman–Crippen LogP) is 1.09. The maximum Gasteiger partial charge on any atom is 0.205 e. The van der Waals surface area contributed by atoms with E-state index in [1.54, 1.807) is 28.4 Å². The molecular weight excluding hydrogens is 437 g/mol. The summed E-state index contributed by atoms with van der Waals surface area (Å²) in [5.74, 6) is 0.315. The van der Waals surface area contributed by atoms with Gasteiger partial charge in [-0.15, -0.1) is 20.7 Å². The Labute approximate surface area is 188 Å². The van der Waals surface area contributed by atoms with Gasteiger partial charge in [-0.1, -0.05) is 5.16 Å². The summed E-state index contributed by atoms with van der Waals surface area (Å²) < 4.78 is 23.9. The molecule has 0 aliphatic heterocycles. The number of aryl methyl sites for hydroxylation is 1. The number of aldehydes is 1. The Morgan fingerprint density at radius 3 is 2.81 bits per heavy atom. The van der Waals surface area contributed by atoms with Crippen molar-refractivity contribution in [3.05, 3.63) is 41.3 Å². The summed E-state index contributed by atoms with van der Waals surface area (Å²) in [4.78, 5) is 20.2. The third-order valence-corrected chi connectivity index (χ3v) is 5.29. The third kappa shape index (κ3) is 5.39. The maximum absolute atomic E-state index is 14.7. The maximum atomic E-state index is 14.7. The quantitative estimate of drug-likeness (QED) is 0.127. The van der Waals surface area contributed by atoms with Gasteiger partial charge in [-0.25, -0.2) is 9.37 Å². The zero-order valence-corrected chi connectivity index (χ0v) is 18.3. The molecule has 0 aliphatic carbocycles. The second-order valence-electron chi connectivity index (χ2n) is 6.75. The molecule has 10 nitrogen and oxygen atoms in total. The van der Waals surface area contributed by atoms with Gasteiger partial charge in [0.1, 0.15) is 23.9 Å².